The average Bonchev–Trinajstić information content (AvgIpc) is 3.04. The van der Waals surface area contributed by atoms with Crippen molar-refractivity contribution in [2.24, 2.45) is 5.41 Å². The fourth-order valence-corrected chi connectivity index (χ4v) is 5.33. The molecule has 1 spiro atoms. The molecule has 0 radical (unpaired) electrons. The first kappa shape index (κ1) is 20.9. The topological polar surface area (TPSA) is 95.0 Å². The van der Waals surface area contributed by atoms with Crippen molar-refractivity contribution in [3.8, 4) is 5.88 Å². The van der Waals surface area contributed by atoms with Crippen LogP contribution >= 0.6 is 0 Å². The second-order valence-corrected chi connectivity index (χ2v) is 8.92. The van der Waals surface area contributed by atoms with E-state index < -0.39 is 5.41 Å². The summed E-state index contributed by atoms with van der Waals surface area (Å²) in [5.41, 5.74) is 0.246. The van der Waals surface area contributed by atoms with E-state index in [4.69, 9.17) is 4.74 Å². The van der Waals surface area contributed by atoms with Crippen molar-refractivity contribution in [2.45, 2.75) is 64.0 Å². The van der Waals surface area contributed by atoms with Crippen molar-refractivity contribution in [1.29, 1.82) is 0 Å². The third-order valence-corrected chi connectivity index (χ3v) is 6.90. The van der Waals surface area contributed by atoms with Gasteiger partial charge in [-0.05, 0) is 51.0 Å². The number of carbonyl (C=O) groups excluding carboxylic acids is 2. The van der Waals surface area contributed by atoms with Crippen LogP contribution in [0, 0.1) is 5.41 Å². The summed E-state index contributed by atoms with van der Waals surface area (Å²) in [5.74, 6) is 1.24. The molecule has 0 bridgehead atoms. The maximum absolute atomic E-state index is 13.5. The normalized spacial score (nSPS) is 29.4. The fourth-order valence-electron chi connectivity index (χ4n) is 5.33. The number of pyridine rings is 1. The quantitative estimate of drug-likeness (QED) is 0.781. The van der Waals surface area contributed by atoms with Crippen LogP contribution in [-0.2, 0) is 9.59 Å². The minimum Gasteiger partial charge on any atom is -0.481 e. The lowest BCUT2D eigenvalue weighted by Crippen LogP contribution is -2.50. The van der Waals surface area contributed by atoms with Gasteiger partial charge in [0.2, 0.25) is 17.7 Å². The van der Waals surface area contributed by atoms with E-state index in [1.54, 1.807) is 19.2 Å². The van der Waals surface area contributed by atoms with E-state index in [0.29, 0.717) is 23.9 Å². The third kappa shape index (κ3) is 3.97. The van der Waals surface area contributed by atoms with Crippen LogP contribution < -0.4 is 15.0 Å². The van der Waals surface area contributed by atoms with Crippen LogP contribution in [0.15, 0.2) is 12.1 Å². The van der Waals surface area contributed by atoms with E-state index in [2.05, 4.69) is 20.1 Å². The van der Waals surface area contributed by atoms with Crippen LogP contribution in [0.5, 0.6) is 5.88 Å². The summed E-state index contributed by atoms with van der Waals surface area (Å²) in [4.78, 5) is 34.0. The molecular weight excluding hydrogens is 384 g/mol. The molecule has 1 aromatic heterocycles. The molecule has 1 unspecified atom stereocenters. The molecule has 2 saturated heterocycles. The number of aromatic nitrogens is 1. The van der Waals surface area contributed by atoms with E-state index in [9.17, 15) is 14.7 Å². The minimum atomic E-state index is -0.396. The first-order valence-corrected chi connectivity index (χ1v) is 11.0. The molecule has 2 N–H and O–H groups in total. The van der Waals surface area contributed by atoms with Crippen LogP contribution in [0.1, 0.15) is 51.9 Å². The second-order valence-electron chi connectivity index (χ2n) is 8.92. The Kier molecular flexibility index (Phi) is 5.86. The van der Waals surface area contributed by atoms with Gasteiger partial charge in [0.25, 0.3) is 0 Å². The Morgan fingerprint density at radius 3 is 2.70 bits per heavy atom. The lowest BCUT2D eigenvalue weighted by molar-refractivity contribution is -0.139. The predicted octanol–water partition coefficient (Wildman–Crippen LogP) is 2.17. The number of carbonyl (C=O) groups is 2. The number of anilines is 2. The number of ether oxygens (including phenoxy) is 1. The van der Waals surface area contributed by atoms with Gasteiger partial charge in [-0.25, -0.2) is 0 Å². The summed E-state index contributed by atoms with van der Waals surface area (Å²) >= 11 is 0. The SMILES string of the molecule is COc1ccc(NC(C)=O)c(N2CCCC3(CCN(C4CCC(O)CC4)C3=O)C2)n1. The number of nitrogens with zero attached hydrogens (tertiary/aromatic N) is 3. The number of hydrogen-bond donors (Lipinski definition) is 2. The largest absolute Gasteiger partial charge is 0.481 e. The standard InChI is InChI=1S/C22H32N4O4/c1-15(27)23-18-8-9-19(30-2)24-20(18)25-12-3-10-22(14-25)11-13-26(21(22)29)16-4-6-17(28)7-5-16/h8-9,16-17,28H,3-7,10-14H2,1-2H3,(H,23,27). The molecule has 1 aliphatic carbocycles. The van der Waals surface area contributed by atoms with Crippen molar-refractivity contribution < 1.29 is 19.4 Å². The smallest absolute Gasteiger partial charge is 0.230 e. The number of amides is 2. The number of methoxy groups -OCH3 is 1. The number of aliphatic hydroxyl groups is 1. The number of hydrogen-bond acceptors (Lipinski definition) is 6. The van der Waals surface area contributed by atoms with Crippen molar-refractivity contribution in [3.63, 3.8) is 0 Å². The maximum atomic E-state index is 13.5. The lowest BCUT2D eigenvalue weighted by atomic mass is 9.78. The maximum Gasteiger partial charge on any atom is 0.230 e. The van der Waals surface area contributed by atoms with Gasteiger partial charge in [-0.2, -0.15) is 4.98 Å². The summed E-state index contributed by atoms with van der Waals surface area (Å²) in [6, 6.07) is 3.79. The number of rotatable bonds is 4. The third-order valence-electron chi connectivity index (χ3n) is 6.90. The van der Waals surface area contributed by atoms with Gasteiger partial charge in [-0.1, -0.05) is 0 Å². The van der Waals surface area contributed by atoms with Crippen LogP contribution in [0.4, 0.5) is 11.5 Å². The van der Waals surface area contributed by atoms with Crippen molar-refractivity contribution >= 4 is 23.3 Å². The molecular formula is C22H32N4O4. The predicted molar refractivity (Wildman–Crippen MR) is 114 cm³/mol. The number of piperidine rings is 1. The molecule has 1 aromatic rings. The Bertz CT molecular complexity index is 808. The molecule has 1 saturated carbocycles. The summed E-state index contributed by atoms with van der Waals surface area (Å²) in [5, 5.41) is 12.7. The van der Waals surface area contributed by atoms with Gasteiger partial charge >= 0.3 is 0 Å². The Labute approximate surface area is 177 Å². The van der Waals surface area contributed by atoms with Crippen LogP contribution in [0.25, 0.3) is 0 Å². The van der Waals surface area contributed by atoms with Crippen molar-refractivity contribution in [2.75, 3.05) is 37.0 Å². The zero-order chi connectivity index (χ0) is 21.3. The zero-order valence-electron chi connectivity index (χ0n) is 17.9. The molecule has 2 amide bonds. The number of likely N-dealkylation sites (tertiary alicyclic amines) is 1. The molecule has 2 aliphatic heterocycles. The van der Waals surface area contributed by atoms with E-state index in [-0.39, 0.29) is 24.0 Å². The van der Waals surface area contributed by atoms with E-state index in [1.807, 2.05) is 0 Å². The summed E-state index contributed by atoms with van der Waals surface area (Å²) in [6.45, 7) is 3.66. The number of aliphatic hydroxyl groups excluding tert-OH is 1. The highest BCUT2D eigenvalue weighted by atomic mass is 16.5. The van der Waals surface area contributed by atoms with Crippen LogP contribution in [0.3, 0.4) is 0 Å². The van der Waals surface area contributed by atoms with Crippen molar-refractivity contribution in [1.82, 2.24) is 9.88 Å². The second kappa shape index (κ2) is 8.41. The van der Waals surface area contributed by atoms with Gasteiger partial charge < -0.3 is 25.0 Å². The van der Waals surface area contributed by atoms with Gasteiger partial charge in [0, 0.05) is 38.7 Å². The van der Waals surface area contributed by atoms with Gasteiger partial charge in [0.1, 0.15) is 0 Å². The molecule has 8 heteroatoms. The van der Waals surface area contributed by atoms with Gasteiger partial charge in [-0.15, -0.1) is 0 Å². The highest BCUT2D eigenvalue weighted by molar-refractivity contribution is 5.92. The zero-order valence-corrected chi connectivity index (χ0v) is 17.9. The van der Waals surface area contributed by atoms with E-state index in [1.165, 1.54) is 6.92 Å². The highest BCUT2D eigenvalue weighted by Crippen LogP contribution is 2.44. The first-order chi connectivity index (χ1) is 14.4. The first-order valence-electron chi connectivity index (χ1n) is 11.0. The van der Waals surface area contributed by atoms with Gasteiger partial charge in [0.15, 0.2) is 5.82 Å². The van der Waals surface area contributed by atoms with Crippen LogP contribution in [-0.4, -0.2) is 65.7 Å². The highest BCUT2D eigenvalue weighted by Gasteiger charge is 2.51. The Morgan fingerprint density at radius 1 is 1.23 bits per heavy atom. The monoisotopic (exact) mass is 416 g/mol. The molecule has 1 atom stereocenters. The summed E-state index contributed by atoms with van der Waals surface area (Å²) in [6.07, 6.45) is 5.75. The van der Waals surface area contributed by atoms with Gasteiger partial charge in [-0.3, -0.25) is 9.59 Å². The molecule has 3 aliphatic rings. The molecule has 164 valence electrons. The summed E-state index contributed by atoms with van der Waals surface area (Å²) in [7, 11) is 1.57. The van der Waals surface area contributed by atoms with Gasteiger partial charge in [0.05, 0.1) is 24.3 Å². The average molecular weight is 417 g/mol. The van der Waals surface area contributed by atoms with Crippen molar-refractivity contribution in [3.05, 3.63) is 12.1 Å². The minimum absolute atomic E-state index is 0.155. The van der Waals surface area contributed by atoms with E-state index in [0.717, 1.165) is 58.0 Å². The molecule has 30 heavy (non-hydrogen) atoms. The Balaban J connectivity index is 1.55. The van der Waals surface area contributed by atoms with E-state index >= 15 is 0 Å². The lowest BCUT2D eigenvalue weighted by Gasteiger charge is -2.41. The summed E-state index contributed by atoms with van der Waals surface area (Å²) < 4.78 is 5.30. The molecule has 0 aromatic carbocycles. The molecule has 3 heterocycles. The molecule has 8 nitrogen and oxygen atoms in total. The van der Waals surface area contributed by atoms with Crippen LogP contribution in [0.2, 0.25) is 0 Å². The fraction of sp³-hybridized carbons (Fsp3) is 0.682. The molecule has 4 rings (SSSR count). The Morgan fingerprint density at radius 2 is 2.00 bits per heavy atom. The number of nitrogens with one attached hydrogen (secondary N) is 1. The molecule has 3 fully saturated rings. The Hall–Kier alpha value is -2.35.